The van der Waals surface area contributed by atoms with Crippen molar-refractivity contribution in [1.29, 1.82) is 5.26 Å². The molecule has 0 bridgehead atoms. The lowest BCUT2D eigenvalue weighted by Gasteiger charge is -2.33. The lowest BCUT2D eigenvalue weighted by Crippen LogP contribution is -2.34. The second-order valence-electron chi connectivity index (χ2n) is 7.69. The second-order valence-corrected chi connectivity index (χ2v) is 8.56. The monoisotopic (exact) mass is 414 g/mol. The maximum Gasteiger partial charge on any atom is 0.185 e. The summed E-state index contributed by atoms with van der Waals surface area (Å²) in [4.78, 5) is 6.82. The van der Waals surface area contributed by atoms with Gasteiger partial charge in [-0.3, -0.25) is 0 Å². The smallest absolute Gasteiger partial charge is 0.185 e. The van der Waals surface area contributed by atoms with Crippen LogP contribution in [-0.4, -0.2) is 27.7 Å². The molecule has 0 aliphatic carbocycles. The summed E-state index contributed by atoms with van der Waals surface area (Å²) in [5.41, 5.74) is 4.91. The molecule has 5 rings (SSSR count). The lowest BCUT2D eigenvalue weighted by molar-refractivity contribution is 0.282. The fourth-order valence-corrected chi connectivity index (χ4v) is 5.09. The molecule has 1 N–H and O–H groups in total. The zero-order chi connectivity index (χ0) is 20.5. The van der Waals surface area contributed by atoms with E-state index >= 15 is 0 Å². The van der Waals surface area contributed by atoms with Crippen LogP contribution in [0, 0.1) is 11.3 Å². The molecular weight excluding hydrogens is 392 g/mol. The minimum Gasteiger partial charge on any atom is -0.392 e. The third-order valence-electron chi connectivity index (χ3n) is 5.93. The Morgan fingerprint density at radius 3 is 2.77 bits per heavy atom. The van der Waals surface area contributed by atoms with Gasteiger partial charge in [0.25, 0.3) is 0 Å². The highest BCUT2D eigenvalue weighted by Gasteiger charge is 2.24. The number of hydrogen-bond acceptors (Lipinski definition) is 5. The van der Waals surface area contributed by atoms with Crippen LogP contribution in [-0.2, 0) is 6.61 Å². The van der Waals surface area contributed by atoms with E-state index in [1.807, 2.05) is 35.8 Å². The molecule has 150 valence electrons. The number of aliphatic hydroxyl groups is 1. The van der Waals surface area contributed by atoms with Crippen LogP contribution in [0.2, 0.25) is 0 Å². The van der Waals surface area contributed by atoms with Gasteiger partial charge in [0.1, 0.15) is 0 Å². The summed E-state index contributed by atoms with van der Waals surface area (Å²) >= 11 is 1.69. The van der Waals surface area contributed by atoms with E-state index in [9.17, 15) is 10.4 Å². The van der Waals surface area contributed by atoms with Gasteiger partial charge in [0.15, 0.2) is 5.13 Å². The van der Waals surface area contributed by atoms with Crippen molar-refractivity contribution in [3.05, 3.63) is 71.4 Å². The summed E-state index contributed by atoms with van der Waals surface area (Å²) in [5.74, 6) is 0. The summed E-state index contributed by atoms with van der Waals surface area (Å²) in [6.45, 7) is 2.00. The topological polar surface area (TPSA) is 65.1 Å². The van der Waals surface area contributed by atoms with Gasteiger partial charge in [0, 0.05) is 53.4 Å². The van der Waals surface area contributed by atoms with E-state index in [0.29, 0.717) is 11.6 Å². The number of aliphatic hydroxyl groups excluding tert-OH is 1. The number of anilines is 1. The summed E-state index contributed by atoms with van der Waals surface area (Å²) in [6.07, 6.45) is 6.18. The number of thiazole rings is 1. The van der Waals surface area contributed by atoms with Crippen molar-refractivity contribution < 1.29 is 5.11 Å². The molecule has 5 nitrogen and oxygen atoms in total. The SMILES string of the molecule is N#Cc1cccc(-c2cn(C3CCN(c4nccs4)CC3)c3cc(CO)ccc23)c1. The zero-order valence-electron chi connectivity index (χ0n) is 16.5. The molecule has 0 spiro atoms. The maximum absolute atomic E-state index is 9.67. The number of rotatable bonds is 4. The molecule has 6 heteroatoms. The first-order valence-electron chi connectivity index (χ1n) is 10.2. The Hall–Kier alpha value is -3.14. The van der Waals surface area contributed by atoms with Crippen LogP contribution in [0.1, 0.15) is 30.0 Å². The summed E-state index contributed by atoms with van der Waals surface area (Å²) < 4.78 is 2.38. The van der Waals surface area contributed by atoms with Crippen molar-refractivity contribution in [1.82, 2.24) is 9.55 Å². The predicted molar refractivity (Wildman–Crippen MR) is 121 cm³/mol. The van der Waals surface area contributed by atoms with Crippen molar-refractivity contribution in [2.45, 2.75) is 25.5 Å². The lowest BCUT2D eigenvalue weighted by atomic mass is 10.0. The first-order chi connectivity index (χ1) is 14.8. The van der Waals surface area contributed by atoms with Crippen LogP contribution in [0.5, 0.6) is 0 Å². The van der Waals surface area contributed by atoms with Gasteiger partial charge >= 0.3 is 0 Å². The number of hydrogen-bond donors (Lipinski definition) is 1. The van der Waals surface area contributed by atoms with Crippen molar-refractivity contribution >= 4 is 27.4 Å². The number of fused-ring (bicyclic) bond motifs is 1. The summed E-state index contributed by atoms with van der Waals surface area (Å²) in [7, 11) is 0. The minimum absolute atomic E-state index is 0.0306. The number of nitriles is 1. The normalized spacial score (nSPS) is 14.9. The molecule has 1 aliphatic rings. The highest BCUT2D eigenvalue weighted by molar-refractivity contribution is 7.13. The van der Waals surface area contributed by atoms with Gasteiger partial charge in [0.2, 0.25) is 0 Å². The van der Waals surface area contributed by atoms with Crippen LogP contribution in [0.3, 0.4) is 0 Å². The highest BCUT2D eigenvalue weighted by Crippen LogP contribution is 2.37. The number of benzene rings is 2. The Balaban J connectivity index is 1.54. The molecule has 2 aromatic heterocycles. The molecule has 0 radical (unpaired) electrons. The molecule has 4 aromatic rings. The van der Waals surface area contributed by atoms with E-state index in [1.165, 1.54) is 0 Å². The van der Waals surface area contributed by atoms with Crippen LogP contribution in [0.4, 0.5) is 5.13 Å². The van der Waals surface area contributed by atoms with E-state index in [1.54, 1.807) is 11.3 Å². The van der Waals surface area contributed by atoms with Gasteiger partial charge in [-0.15, -0.1) is 11.3 Å². The zero-order valence-corrected chi connectivity index (χ0v) is 17.3. The minimum atomic E-state index is 0.0306. The molecule has 0 saturated carbocycles. The fourth-order valence-electron chi connectivity index (χ4n) is 4.39. The van der Waals surface area contributed by atoms with Crippen molar-refractivity contribution in [2.75, 3.05) is 18.0 Å². The molecule has 0 amide bonds. The Morgan fingerprint density at radius 2 is 2.03 bits per heavy atom. The van der Waals surface area contributed by atoms with Gasteiger partial charge in [0.05, 0.1) is 18.2 Å². The van der Waals surface area contributed by atoms with Crippen LogP contribution in [0.25, 0.3) is 22.0 Å². The molecule has 30 heavy (non-hydrogen) atoms. The molecule has 3 heterocycles. The average molecular weight is 415 g/mol. The fraction of sp³-hybridized carbons (Fsp3) is 0.250. The maximum atomic E-state index is 9.67. The van der Waals surface area contributed by atoms with Gasteiger partial charge in [-0.05, 0) is 42.2 Å². The largest absolute Gasteiger partial charge is 0.392 e. The Kier molecular flexibility index (Phi) is 4.99. The number of nitrogens with zero attached hydrogens (tertiary/aromatic N) is 4. The van der Waals surface area contributed by atoms with Gasteiger partial charge in [-0.1, -0.05) is 24.3 Å². The third-order valence-corrected chi connectivity index (χ3v) is 6.76. The Morgan fingerprint density at radius 1 is 1.17 bits per heavy atom. The Bertz CT molecular complexity index is 1210. The molecule has 0 unspecified atom stereocenters. The standard InChI is InChI=1S/C24H22N4OS/c25-14-17-2-1-3-19(12-17)22-15-28(23-13-18(16-29)4-5-21(22)23)20-6-9-27(10-7-20)24-26-8-11-30-24/h1-5,8,11-13,15,20,29H,6-7,9-10,16H2. The quantitative estimate of drug-likeness (QED) is 0.512. The van der Waals surface area contributed by atoms with Gasteiger partial charge in [-0.25, -0.2) is 4.98 Å². The van der Waals surface area contributed by atoms with Crippen molar-refractivity contribution in [3.8, 4) is 17.2 Å². The van der Waals surface area contributed by atoms with Gasteiger partial charge < -0.3 is 14.6 Å². The van der Waals surface area contributed by atoms with Crippen LogP contribution in [0.15, 0.2) is 60.2 Å². The van der Waals surface area contributed by atoms with E-state index in [4.69, 9.17) is 0 Å². The first-order valence-corrected chi connectivity index (χ1v) is 11.0. The summed E-state index contributed by atoms with van der Waals surface area (Å²) in [5, 5.41) is 23.3. The number of aromatic nitrogens is 2. The predicted octanol–water partition coefficient (Wildman–Crippen LogP) is 4.97. The molecule has 2 aromatic carbocycles. The highest BCUT2D eigenvalue weighted by atomic mass is 32.1. The van der Waals surface area contributed by atoms with E-state index in [-0.39, 0.29) is 6.61 Å². The van der Waals surface area contributed by atoms with Gasteiger partial charge in [-0.2, -0.15) is 5.26 Å². The Labute approximate surface area is 179 Å². The van der Waals surface area contributed by atoms with Crippen LogP contribution >= 0.6 is 11.3 Å². The number of piperidine rings is 1. The molecule has 0 atom stereocenters. The van der Waals surface area contributed by atoms with E-state index in [0.717, 1.165) is 58.7 Å². The third kappa shape index (κ3) is 3.36. The first kappa shape index (κ1) is 18.9. The molecule has 1 aliphatic heterocycles. The van der Waals surface area contributed by atoms with Crippen molar-refractivity contribution in [2.24, 2.45) is 0 Å². The summed E-state index contributed by atoms with van der Waals surface area (Å²) in [6, 6.07) is 16.6. The van der Waals surface area contributed by atoms with Crippen molar-refractivity contribution in [3.63, 3.8) is 0 Å². The van der Waals surface area contributed by atoms with Crippen LogP contribution < -0.4 is 4.90 Å². The second kappa shape index (κ2) is 7.94. The van der Waals surface area contributed by atoms with E-state index < -0.39 is 0 Å². The molecule has 1 fully saturated rings. The average Bonchev–Trinajstić information content (AvgIpc) is 3.47. The molecular formula is C24H22N4OS. The molecule has 1 saturated heterocycles. The van der Waals surface area contributed by atoms with E-state index in [2.05, 4.69) is 44.9 Å².